The number of fused-ring (bicyclic) bond motifs is 1. The van der Waals surface area contributed by atoms with Crippen LogP contribution >= 0.6 is 0 Å². The summed E-state index contributed by atoms with van der Waals surface area (Å²) >= 11 is 0. The maximum Gasteiger partial charge on any atom is 0.282 e. The summed E-state index contributed by atoms with van der Waals surface area (Å²) in [7, 11) is -3.48. The molecule has 0 N–H and O–H groups in total. The van der Waals surface area contributed by atoms with Crippen LogP contribution in [0.15, 0.2) is 48.7 Å². The van der Waals surface area contributed by atoms with Gasteiger partial charge in [0.2, 0.25) is 0 Å². The van der Waals surface area contributed by atoms with Crippen molar-refractivity contribution >= 4 is 10.2 Å². The summed E-state index contributed by atoms with van der Waals surface area (Å²) in [6.07, 6.45) is 4.22. The predicted octanol–water partition coefficient (Wildman–Crippen LogP) is 2.52. The van der Waals surface area contributed by atoms with Crippen LogP contribution < -0.4 is 0 Å². The second kappa shape index (κ2) is 6.27. The van der Waals surface area contributed by atoms with Gasteiger partial charge in [0, 0.05) is 25.8 Å². The zero-order valence-corrected chi connectivity index (χ0v) is 14.3. The van der Waals surface area contributed by atoms with Crippen molar-refractivity contribution in [3.05, 3.63) is 65.5 Å². The topological polar surface area (TPSA) is 53.5 Å². The molecule has 24 heavy (non-hydrogen) atoms. The first kappa shape index (κ1) is 15.7. The summed E-state index contributed by atoms with van der Waals surface area (Å²) in [6.45, 7) is 1.58. The number of hydrogen-bond acceptors (Lipinski definition) is 3. The monoisotopic (exact) mass is 343 g/mol. The maximum absolute atomic E-state index is 13.2. The molecule has 2 aliphatic rings. The van der Waals surface area contributed by atoms with Crippen LogP contribution in [0.2, 0.25) is 0 Å². The minimum Gasteiger partial charge on any atom is -0.260 e. The lowest BCUT2D eigenvalue weighted by Gasteiger charge is -2.33. The normalized spacial score (nSPS) is 22.4. The molecule has 6 heteroatoms. The molecule has 3 heterocycles. The average Bonchev–Trinajstić information content (AvgIpc) is 3.13. The van der Waals surface area contributed by atoms with E-state index in [0.29, 0.717) is 19.6 Å². The second-order valence-corrected chi connectivity index (χ2v) is 8.26. The second-order valence-electron chi connectivity index (χ2n) is 6.38. The van der Waals surface area contributed by atoms with E-state index in [0.717, 1.165) is 30.5 Å². The van der Waals surface area contributed by atoms with Gasteiger partial charge < -0.3 is 0 Å². The fraction of sp³-hybridized carbons (Fsp3) is 0.389. The van der Waals surface area contributed by atoms with E-state index in [-0.39, 0.29) is 6.04 Å². The van der Waals surface area contributed by atoms with Crippen molar-refractivity contribution in [2.45, 2.75) is 31.8 Å². The Morgan fingerprint density at radius 2 is 1.79 bits per heavy atom. The summed E-state index contributed by atoms with van der Waals surface area (Å²) in [4.78, 5) is 4.38. The summed E-state index contributed by atoms with van der Waals surface area (Å²) in [5.74, 6) is 0. The number of benzene rings is 1. The molecule has 0 amide bonds. The fourth-order valence-electron chi connectivity index (χ4n) is 3.70. The van der Waals surface area contributed by atoms with E-state index in [9.17, 15) is 8.42 Å². The standard InChI is InChI=1S/C18H21N3O2S/c22-24(23,20-13-10-15-6-1-2-7-16(15)14-20)21-12-5-9-18(21)17-8-3-4-11-19-17/h1-4,6-8,11,18H,5,9-10,12-14H2/t18-/m1/s1. The quantitative estimate of drug-likeness (QED) is 0.860. The number of nitrogens with zero attached hydrogens (tertiary/aromatic N) is 3. The SMILES string of the molecule is O=S(=O)(N1CCc2ccccc2C1)N1CCC[C@@H]1c1ccccn1. The summed E-state index contributed by atoms with van der Waals surface area (Å²) in [5, 5.41) is 0. The molecule has 0 unspecified atom stereocenters. The van der Waals surface area contributed by atoms with Crippen molar-refractivity contribution in [1.29, 1.82) is 0 Å². The van der Waals surface area contributed by atoms with Crippen molar-refractivity contribution in [1.82, 2.24) is 13.6 Å². The van der Waals surface area contributed by atoms with Crippen molar-refractivity contribution in [3.8, 4) is 0 Å². The summed E-state index contributed by atoms with van der Waals surface area (Å²) in [5.41, 5.74) is 3.21. The van der Waals surface area contributed by atoms with Gasteiger partial charge in [-0.25, -0.2) is 0 Å². The molecule has 5 nitrogen and oxygen atoms in total. The largest absolute Gasteiger partial charge is 0.282 e. The van der Waals surface area contributed by atoms with Gasteiger partial charge in [-0.15, -0.1) is 0 Å². The van der Waals surface area contributed by atoms with Gasteiger partial charge in [-0.2, -0.15) is 17.0 Å². The van der Waals surface area contributed by atoms with Crippen LogP contribution in [-0.2, 0) is 23.2 Å². The van der Waals surface area contributed by atoms with E-state index >= 15 is 0 Å². The van der Waals surface area contributed by atoms with Gasteiger partial charge in [0.15, 0.2) is 0 Å². The van der Waals surface area contributed by atoms with Gasteiger partial charge in [-0.3, -0.25) is 4.98 Å². The van der Waals surface area contributed by atoms with Crippen molar-refractivity contribution < 1.29 is 8.42 Å². The number of aromatic nitrogens is 1. The maximum atomic E-state index is 13.2. The molecule has 2 aromatic rings. The Morgan fingerprint density at radius 1 is 1.00 bits per heavy atom. The molecule has 0 saturated carbocycles. The van der Waals surface area contributed by atoms with E-state index in [1.54, 1.807) is 14.8 Å². The van der Waals surface area contributed by atoms with E-state index in [2.05, 4.69) is 11.1 Å². The van der Waals surface area contributed by atoms with Gasteiger partial charge in [0.25, 0.3) is 10.2 Å². The Labute approximate surface area is 143 Å². The number of pyridine rings is 1. The molecule has 126 valence electrons. The Morgan fingerprint density at radius 3 is 2.58 bits per heavy atom. The van der Waals surface area contributed by atoms with Crippen molar-refractivity contribution in [2.24, 2.45) is 0 Å². The average molecular weight is 343 g/mol. The van der Waals surface area contributed by atoms with Crippen molar-refractivity contribution in [3.63, 3.8) is 0 Å². The van der Waals surface area contributed by atoms with Crippen LogP contribution in [-0.4, -0.2) is 35.1 Å². The molecule has 0 bridgehead atoms. The zero-order chi connectivity index (χ0) is 16.6. The molecule has 4 rings (SSSR count). The van der Waals surface area contributed by atoms with Crippen LogP contribution in [0.1, 0.15) is 35.7 Å². The first-order valence-corrected chi connectivity index (χ1v) is 9.80. The zero-order valence-electron chi connectivity index (χ0n) is 13.5. The number of hydrogen-bond donors (Lipinski definition) is 0. The molecule has 0 spiro atoms. The Bertz CT molecular complexity index is 823. The van der Waals surface area contributed by atoms with Crippen LogP contribution in [0.4, 0.5) is 0 Å². The van der Waals surface area contributed by atoms with Gasteiger partial charge in [0.05, 0.1) is 11.7 Å². The third-order valence-electron chi connectivity index (χ3n) is 4.95. The number of rotatable bonds is 3. The third-order valence-corrected chi connectivity index (χ3v) is 6.95. The highest BCUT2D eigenvalue weighted by molar-refractivity contribution is 7.86. The van der Waals surface area contributed by atoms with Gasteiger partial charge in [-0.05, 0) is 42.5 Å². The minimum atomic E-state index is -3.48. The molecule has 2 aliphatic heterocycles. The van der Waals surface area contributed by atoms with Gasteiger partial charge in [-0.1, -0.05) is 30.3 Å². The van der Waals surface area contributed by atoms with Crippen LogP contribution in [0, 0.1) is 0 Å². The Kier molecular flexibility index (Phi) is 4.12. The van der Waals surface area contributed by atoms with Crippen molar-refractivity contribution in [2.75, 3.05) is 13.1 Å². The highest BCUT2D eigenvalue weighted by Crippen LogP contribution is 2.35. The first-order chi connectivity index (χ1) is 11.7. The molecular formula is C18H21N3O2S. The molecule has 0 aliphatic carbocycles. The predicted molar refractivity (Wildman–Crippen MR) is 92.4 cm³/mol. The highest BCUT2D eigenvalue weighted by atomic mass is 32.2. The Balaban J connectivity index is 1.61. The third kappa shape index (κ3) is 2.75. The fourth-order valence-corrected chi connectivity index (χ4v) is 5.52. The van der Waals surface area contributed by atoms with E-state index in [1.807, 2.05) is 36.4 Å². The van der Waals surface area contributed by atoms with E-state index < -0.39 is 10.2 Å². The summed E-state index contributed by atoms with van der Waals surface area (Å²) in [6, 6.07) is 13.7. The van der Waals surface area contributed by atoms with Crippen LogP contribution in [0.25, 0.3) is 0 Å². The lowest BCUT2D eigenvalue weighted by molar-refractivity contribution is 0.314. The molecule has 1 fully saturated rings. The van der Waals surface area contributed by atoms with E-state index in [4.69, 9.17) is 0 Å². The van der Waals surface area contributed by atoms with Gasteiger partial charge >= 0.3 is 0 Å². The van der Waals surface area contributed by atoms with Gasteiger partial charge in [0.1, 0.15) is 0 Å². The first-order valence-electron chi connectivity index (χ1n) is 8.41. The lowest BCUT2D eigenvalue weighted by Crippen LogP contribution is -2.45. The molecule has 1 aromatic heterocycles. The smallest absolute Gasteiger partial charge is 0.260 e. The molecule has 1 aromatic carbocycles. The highest BCUT2D eigenvalue weighted by Gasteiger charge is 2.40. The molecule has 1 saturated heterocycles. The lowest BCUT2D eigenvalue weighted by atomic mass is 10.0. The minimum absolute atomic E-state index is 0.145. The molecular weight excluding hydrogens is 322 g/mol. The molecule has 1 atom stereocenters. The summed E-state index contributed by atoms with van der Waals surface area (Å²) < 4.78 is 29.7. The molecule has 0 radical (unpaired) electrons. The van der Waals surface area contributed by atoms with Crippen LogP contribution in [0.5, 0.6) is 0 Å². The van der Waals surface area contributed by atoms with E-state index in [1.165, 1.54) is 5.56 Å². The Hall–Kier alpha value is -1.76. The van der Waals surface area contributed by atoms with Crippen LogP contribution in [0.3, 0.4) is 0 Å².